The predicted molar refractivity (Wildman–Crippen MR) is 119 cm³/mol. The van der Waals surface area contributed by atoms with E-state index in [2.05, 4.69) is 15.8 Å². The monoisotopic (exact) mass is 482 g/mol. The number of amides is 1. The van der Waals surface area contributed by atoms with E-state index < -0.39 is 10.0 Å². The van der Waals surface area contributed by atoms with Crippen molar-refractivity contribution >= 4 is 15.9 Å². The summed E-state index contributed by atoms with van der Waals surface area (Å²) < 4.78 is 39.3. The van der Waals surface area contributed by atoms with Gasteiger partial charge in [-0.2, -0.15) is 4.31 Å². The SMILES string of the molecule is O=C(NC1CC2CCC(C1)N2S(=O)(=O)C1CCC(NCCO)CC1)c1cc(C2COC2)on1. The van der Waals surface area contributed by atoms with E-state index in [1.165, 1.54) is 0 Å². The molecule has 0 spiro atoms. The van der Waals surface area contributed by atoms with Gasteiger partial charge < -0.3 is 25.0 Å². The number of carbonyl (C=O) groups excluding carboxylic acids is 1. The number of nitrogens with one attached hydrogen (secondary N) is 2. The van der Waals surface area contributed by atoms with Gasteiger partial charge in [0, 0.05) is 36.8 Å². The van der Waals surface area contributed by atoms with Crippen LogP contribution in [-0.2, 0) is 14.8 Å². The van der Waals surface area contributed by atoms with Crippen LogP contribution in [0.4, 0.5) is 0 Å². The second kappa shape index (κ2) is 9.61. The maximum absolute atomic E-state index is 13.5. The molecular weight excluding hydrogens is 448 g/mol. The molecule has 2 atom stereocenters. The van der Waals surface area contributed by atoms with Crippen molar-refractivity contribution < 1.29 is 27.6 Å². The number of piperidine rings is 1. The summed E-state index contributed by atoms with van der Waals surface area (Å²) in [7, 11) is -3.37. The maximum Gasteiger partial charge on any atom is 0.273 e. The summed E-state index contributed by atoms with van der Waals surface area (Å²) in [5.41, 5.74) is 0.269. The summed E-state index contributed by atoms with van der Waals surface area (Å²) in [6.07, 6.45) is 5.91. The van der Waals surface area contributed by atoms with Crippen LogP contribution in [-0.4, -0.2) is 84.7 Å². The normalized spacial score (nSPS) is 33.1. The third-order valence-corrected chi connectivity index (χ3v) is 10.2. The second-order valence-electron chi connectivity index (χ2n) is 9.90. The van der Waals surface area contributed by atoms with E-state index >= 15 is 0 Å². The predicted octanol–water partition coefficient (Wildman–Crippen LogP) is 0.737. The first kappa shape index (κ1) is 23.2. The number of aliphatic hydroxyl groups is 1. The van der Waals surface area contributed by atoms with Crippen molar-refractivity contribution in [3.05, 3.63) is 17.5 Å². The van der Waals surface area contributed by atoms with Crippen LogP contribution in [0, 0.1) is 0 Å². The molecule has 3 N–H and O–H groups in total. The van der Waals surface area contributed by atoms with Crippen molar-refractivity contribution in [1.82, 2.24) is 20.1 Å². The molecule has 3 aliphatic heterocycles. The fourth-order valence-electron chi connectivity index (χ4n) is 5.92. The highest BCUT2D eigenvalue weighted by Gasteiger charge is 2.49. The van der Waals surface area contributed by atoms with Crippen molar-refractivity contribution in [3.8, 4) is 0 Å². The number of sulfonamides is 1. The van der Waals surface area contributed by atoms with Gasteiger partial charge in [-0.25, -0.2) is 8.42 Å². The molecule has 2 bridgehead atoms. The highest BCUT2D eigenvalue weighted by molar-refractivity contribution is 7.89. The Balaban J connectivity index is 1.17. The Morgan fingerprint density at radius 3 is 2.39 bits per heavy atom. The number of hydrogen-bond acceptors (Lipinski definition) is 8. The van der Waals surface area contributed by atoms with Gasteiger partial charge in [-0.3, -0.25) is 4.79 Å². The van der Waals surface area contributed by atoms with Crippen molar-refractivity contribution in [2.24, 2.45) is 0 Å². The molecule has 5 rings (SSSR count). The molecule has 33 heavy (non-hydrogen) atoms. The highest BCUT2D eigenvalue weighted by Crippen LogP contribution is 2.41. The maximum atomic E-state index is 13.5. The fourth-order valence-corrected chi connectivity index (χ4v) is 8.35. The van der Waals surface area contributed by atoms with E-state index in [9.17, 15) is 13.2 Å². The van der Waals surface area contributed by atoms with E-state index in [1.807, 2.05) is 0 Å². The largest absolute Gasteiger partial charge is 0.395 e. The lowest BCUT2D eigenvalue weighted by Gasteiger charge is -2.41. The third-order valence-electron chi connectivity index (χ3n) is 7.74. The Morgan fingerprint density at radius 2 is 1.79 bits per heavy atom. The Kier molecular flexibility index (Phi) is 6.76. The standard InChI is InChI=1S/C22H34N4O6S/c27-8-7-23-15-1-5-19(6-2-15)33(29,30)26-17-3-4-18(26)10-16(9-17)24-22(28)20-11-21(32-25-20)14-12-31-13-14/h11,14-19,23,27H,1-10,12-13H2,(H,24,28). The number of carbonyl (C=O) groups is 1. The lowest BCUT2D eigenvalue weighted by Crippen LogP contribution is -2.55. The number of aromatic nitrogens is 1. The molecule has 10 nitrogen and oxygen atoms in total. The summed E-state index contributed by atoms with van der Waals surface area (Å²) in [5.74, 6) is 0.581. The minimum absolute atomic E-state index is 0.0516. The number of aliphatic hydroxyl groups excluding tert-OH is 1. The Morgan fingerprint density at radius 1 is 1.09 bits per heavy atom. The van der Waals surface area contributed by atoms with Crippen LogP contribution in [0.3, 0.4) is 0 Å². The first-order valence-electron chi connectivity index (χ1n) is 12.2. The van der Waals surface area contributed by atoms with Gasteiger partial charge >= 0.3 is 0 Å². The first-order chi connectivity index (χ1) is 16.0. The number of nitrogens with zero attached hydrogens (tertiary/aromatic N) is 2. The molecule has 4 heterocycles. The Hall–Kier alpha value is -1.53. The van der Waals surface area contributed by atoms with Gasteiger partial charge in [-0.15, -0.1) is 0 Å². The van der Waals surface area contributed by atoms with Gasteiger partial charge in [0.25, 0.3) is 5.91 Å². The van der Waals surface area contributed by atoms with Crippen molar-refractivity contribution in [2.75, 3.05) is 26.4 Å². The minimum atomic E-state index is -3.37. The average Bonchev–Trinajstić information content (AvgIpc) is 3.35. The van der Waals surface area contributed by atoms with E-state index in [4.69, 9.17) is 14.4 Å². The van der Waals surface area contributed by atoms with E-state index in [1.54, 1.807) is 10.4 Å². The Bertz CT molecular complexity index is 926. The minimum Gasteiger partial charge on any atom is -0.395 e. The molecule has 0 aromatic carbocycles. The molecule has 184 valence electrons. The third kappa shape index (κ3) is 4.70. The molecule has 1 aromatic rings. The van der Waals surface area contributed by atoms with Crippen molar-refractivity contribution in [3.63, 3.8) is 0 Å². The summed E-state index contributed by atoms with van der Waals surface area (Å²) >= 11 is 0. The summed E-state index contributed by atoms with van der Waals surface area (Å²) in [6, 6.07) is 1.80. The van der Waals surface area contributed by atoms with Crippen LogP contribution in [0.25, 0.3) is 0 Å². The lowest BCUT2D eigenvalue weighted by molar-refractivity contribution is -0.00228. The number of ether oxygens (including phenoxy) is 1. The van der Waals surface area contributed by atoms with Crippen LogP contribution < -0.4 is 10.6 Å². The zero-order valence-electron chi connectivity index (χ0n) is 18.8. The van der Waals surface area contributed by atoms with Crippen LogP contribution >= 0.6 is 0 Å². The smallest absolute Gasteiger partial charge is 0.273 e. The van der Waals surface area contributed by atoms with Crippen LogP contribution in [0.15, 0.2) is 10.6 Å². The van der Waals surface area contributed by atoms with Crippen molar-refractivity contribution in [1.29, 1.82) is 0 Å². The zero-order chi connectivity index (χ0) is 23.0. The van der Waals surface area contributed by atoms with Gasteiger partial charge in [0.15, 0.2) is 5.69 Å². The lowest BCUT2D eigenvalue weighted by atomic mass is 9.95. The van der Waals surface area contributed by atoms with Gasteiger partial charge in [-0.1, -0.05) is 5.16 Å². The molecule has 3 saturated heterocycles. The van der Waals surface area contributed by atoms with Crippen molar-refractivity contribution in [2.45, 2.75) is 86.7 Å². The van der Waals surface area contributed by atoms with E-state index in [-0.39, 0.29) is 53.5 Å². The number of hydrogen-bond donors (Lipinski definition) is 3. The molecule has 1 aliphatic carbocycles. The summed E-state index contributed by atoms with van der Waals surface area (Å²) in [6.45, 7) is 1.83. The molecule has 1 amide bonds. The van der Waals surface area contributed by atoms with Crippen LogP contribution in [0.1, 0.15) is 73.5 Å². The van der Waals surface area contributed by atoms with Gasteiger partial charge in [0.05, 0.1) is 31.0 Å². The highest BCUT2D eigenvalue weighted by atomic mass is 32.2. The van der Waals surface area contributed by atoms with Crippen LogP contribution in [0.2, 0.25) is 0 Å². The van der Waals surface area contributed by atoms with E-state index in [0.717, 1.165) is 25.7 Å². The summed E-state index contributed by atoms with van der Waals surface area (Å²) in [5, 5.41) is 18.9. The second-order valence-corrected chi connectivity index (χ2v) is 12.0. The number of fused-ring (bicyclic) bond motifs is 2. The molecule has 1 saturated carbocycles. The quantitative estimate of drug-likeness (QED) is 0.494. The average molecular weight is 483 g/mol. The topological polar surface area (TPSA) is 134 Å². The fraction of sp³-hybridized carbons (Fsp3) is 0.818. The molecule has 0 radical (unpaired) electrons. The molecule has 4 aliphatic rings. The molecule has 11 heteroatoms. The molecule has 2 unspecified atom stereocenters. The summed E-state index contributed by atoms with van der Waals surface area (Å²) in [4.78, 5) is 12.7. The molecule has 4 fully saturated rings. The van der Waals surface area contributed by atoms with Crippen LogP contribution in [0.5, 0.6) is 0 Å². The molecular formula is C22H34N4O6S. The molecule has 1 aromatic heterocycles. The first-order valence-corrected chi connectivity index (χ1v) is 13.7. The van der Waals surface area contributed by atoms with Gasteiger partial charge in [0.1, 0.15) is 5.76 Å². The Labute approximate surface area is 194 Å². The zero-order valence-corrected chi connectivity index (χ0v) is 19.6. The van der Waals surface area contributed by atoms with Gasteiger partial charge in [-0.05, 0) is 51.4 Å². The van der Waals surface area contributed by atoms with Gasteiger partial charge in [0.2, 0.25) is 10.0 Å². The van der Waals surface area contributed by atoms with E-state index in [0.29, 0.717) is 51.2 Å². The number of rotatable bonds is 8.